The van der Waals surface area contributed by atoms with E-state index in [0.717, 1.165) is 38.5 Å². The summed E-state index contributed by atoms with van der Waals surface area (Å²) >= 11 is 0. The van der Waals surface area contributed by atoms with Crippen molar-refractivity contribution in [2.45, 2.75) is 218 Å². The molecular formula is C58H97N2O10P. The van der Waals surface area contributed by atoms with Crippen molar-refractivity contribution in [3.8, 4) is 0 Å². The van der Waals surface area contributed by atoms with E-state index in [1.165, 1.54) is 16.8 Å². The molecule has 3 aliphatic heterocycles. The molecule has 3 N–H and O–H groups in total. The maximum atomic E-state index is 14.7. The van der Waals surface area contributed by atoms with Crippen molar-refractivity contribution < 1.29 is 48.6 Å². The van der Waals surface area contributed by atoms with Crippen molar-refractivity contribution >= 4 is 29.7 Å². The van der Waals surface area contributed by atoms with Gasteiger partial charge in [-0.15, -0.1) is 0 Å². The van der Waals surface area contributed by atoms with E-state index >= 15 is 0 Å². The van der Waals surface area contributed by atoms with Crippen LogP contribution in [0.3, 0.4) is 0 Å². The number of cyclic esters (lactones) is 1. The van der Waals surface area contributed by atoms with Crippen LogP contribution in [-0.2, 0) is 33.3 Å². The number of carbonyl (C=O) groups excluding carboxylic acids is 2. The van der Waals surface area contributed by atoms with Gasteiger partial charge < -0.3 is 43.9 Å². The van der Waals surface area contributed by atoms with Crippen LogP contribution in [-0.4, -0.2) is 149 Å². The van der Waals surface area contributed by atoms with Crippen molar-refractivity contribution in [3.63, 3.8) is 0 Å². The van der Waals surface area contributed by atoms with E-state index in [1.807, 2.05) is 60.3 Å². The minimum Gasteiger partial charge on any atom is -0.386 e. The molecule has 2 aromatic carbocycles. The van der Waals surface area contributed by atoms with Gasteiger partial charge in [0.2, 0.25) is 0 Å². The molecule has 3 heterocycles. The van der Waals surface area contributed by atoms with Gasteiger partial charge in [0.05, 0.1) is 41.5 Å². The molecule has 0 aromatic heterocycles. The van der Waals surface area contributed by atoms with Crippen LogP contribution < -0.4 is 10.6 Å². The average Bonchev–Trinajstić information content (AvgIpc) is 3.32. The number of methoxy groups -OCH3 is 1. The van der Waals surface area contributed by atoms with Gasteiger partial charge in [0.15, 0.2) is 6.29 Å². The molecule has 1 unspecified atom stereocenters. The second kappa shape index (κ2) is 25.8. The molecule has 5 rings (SSSR count). The molecular weight excluding hydrogens is 916 g/mol. The minimum absolute atomic E-state index is 0.0170. The molecule has 0 spiro atoms. The molecule has 404 valence electrons. The zero-order valence-corrected chi connectivity index (χ0v) is 47.3. The van der Waals surface area contributed by atoms with E-state index in [1.54, 1.807) is 14.0 Å². The summed E-state index contributed by atoms with van der Waals surface area (Å²) in [4.78, 5) is 33.4. The molecule has 0 bridgehead atoms. The third kappa shape index (κ3) is 15.1. The van der Waals surface area contributed by atoms with Crippen molar-refractivity contribution in [3.05, 3.63) is 60.7 Å². The summed E-state index contributed by atoms with van der Waals surface area (Å²) in [7, 11) is 3.79. The van der Waals surface area contributed by atoms with E-state index in [-0.39, 0.29) is 43.2 Å². The van der Waals surface area contributed by atoms with Crippen molar-refractivity contribution in [2.24, 2.45) is 23.7 Å². The van der Waals surface area contributed by atoms with Gasteiger partial charge in [-0.25, -0.2) is 0 Å². The molecule has 13 heteroatoms. The van der Waals surface area contributed by atoms with Gasteiger partial charge in [0.25, 0.3) is 0 Å². The second-order valence-corrected chi connectivity index (χ2v) is 27.9. The van der Waals surface area contributed by atoms with Crippen LogP contribution in [0.4, 0.5) is 0 Å². The third-order valence-electron chi connectivity index (χ3n) is 17.1. The normalized spacial score (nSPS) is 37.5. The summed E-state index contributed by atoms with van der Waals surface area (Å²) in [6.45, 7) is 21.9. The van der Waals surface area contributed by atoms with E-state index < -0.39 is 90.6 Å². The number of esters is 1. The number of aliphatic hydroxyl groups excluding tert-OH is 1. The number of ether oxygens (including phenoxy) is 5. The molecule has 2 aromatic rings. The fourth-order valence-electron chi connectivity index (χ4n) is 12.9. The molecule has 3 saturated heterocycles. The molecule has 3 aliphatic rings. The van der Waals surface area contributed by atoms with Gasteiger partial charge >= 0.3 is 202 Å². The molecule has 0 aliphatic carbocycles. The summed E-state index contributed by atoms with van der Waals surface area (Å²) in [5, 5.41) is 39.6. The minimum atomic E-state index is -1.91. The summed E-state index contributed by atoms with van der Waals surface area (Å²) in [6, 6.07) is 21.8. The summed E-state index contributed by atoms with van der Waals surface area (Å²) in [5.41, 5.74) is -3.92. The van der Waals surface area contributed by atoms with Crippen LogP contribution in [0.5, 0.6) is 0 Å². The van der Waals surface area contributed by atoms with Crippen LogP contribution in [0.25, 0.3) is 0 Å². The predicted octanol–water partition coefficient (Wildman–Crippen LogP) is 8.50. The topological polar surface area (TPSA) is 147 Å². The second-order valence-electron chi connectivity index (χ2n) is 23.6. The van der Waals surface area contributed by atoms with Crippen LogP contribution in [0.1, 0.15) is 146 Å². The Hall–Kier alpha value is -2.51. The first-order chi connectivity index (χ1) is 33.4. The number of benzene rings is 2. The molecule has 3 fully saturated rings. The number of hydrogen-bond acceptors (Lipinski definition) is 11. The van der Waals surface area contributed by atoms with Gasteiger partial charge in [0.1, 0.15) is 12.2 Å². The number of rotatable bonds is 16. The smallest absolute Gasteiger partial charge is 0.386 e. The van der Waals surface area contributed by atoms with Crippen LogP contribution in [0, 0.1) is 23.7 Å². The van der Waals surface area contributed by atoms with Crippen molar-refractivity contribution in [1.29, 1.82) is 0 Å². The Labute approximate surface area is 429 Å². The summed E-state index contributed by atoms with van der Waals surface area (Å²) < 4.78 is 32.6. The monoisotopic (exact) mass is 1010 g/mol. The Kier molecular flexibility index (Phi) is 21.6. The Morgan fingerprint density at radius 2 is 1.42 bits per heavy atom. The molecule has 0 radical (unpaired) electrons. The van der Waals surface area contributed by atoms with Gasteiger partial charge in [0, 0.05) is 31.9 Å². The van der Waals surface area contributed by atoms with Gasteiger partial charge in [-0.3, -0.25) is 4.79 Å². The molecule has 71 heavy (non-hydrogen) atoms. The zero-order chi connectivity index (χ0) is 52.5. The standard InChI is InChI=1S/C58H97N2O10P/c1-15-49-56(8,64)36-40(3)60(50(61)31-25-17-16-18-26-32-71(14,46-27-21-19-22-28-46)47-29-23-20-24-30-47)38-39(2)35-57(9,65)54(70-51-34-45(59(11)12)33-41(4)67-51)42(5)52(43(6)55(63)69-49)48-37-58(10,66-13)53(62)44(7)68-48/h19-24,27-30,39-45,48-49,51-54,62,64-65,71H,15-18,25-26,31-38H2,1-14H3/t39-,40-,41-,42+,43-,44+,45+,48-,49-,51+,52?,53+,54-,56+,57-,58-/m1/s1. The van der Waals surface area contributed by atoms with Gasteiger partial charge in [-0.1, -0.05) is 20.8 Å². The average molecular weight is 1010 g/mol. The quantitative estimate of drug-likeness (QED) is 0.0845. The molecule has 12 nitrogen and oxygen atoms in total. The first kappa shape index (κ1) is 59.4. The van der Waals surface area contributed by atoms with Crippen LogP contribution in [0.2, 0.25) is 0 Å². The van der Waals surface area contributed by atoms with E-state index in [9.17, 15) is 24.9 Å². The zero-order valence-electron chi connectivity index (χ0n) is 46.3. The van der Waals surface area contributed by atoms with Crippen molar-refractivity contribution in [1.82, 2.24) is 9.80 Å². The number of nitrogens with zero attached hydrogens (tertiary/aromatic N) is 2. The van der Waals surface area contributed by atoms with E-state index in [4.69, 9.17) is 23.7 Å². The number of unbranched alkanes of at least 4 members (excludes halogenated alkanes) is 4. The summed E-state index contributed by atoms with van der Waals surface area (Å²) in [5.74, 6) is -2.58. The Morgan fingerprint density at radius 1 is 0.831 bits per heavy atom. The third-order valence-corrected chi connectivity index (χ3v) is 21.7. The van der Waals surface area contributed by atoms with Gasteiger partial charge in [-0.05, 0) is 67.5 Å². The summed E-state index contributed by atoms with van der Waals surface area (Å²) in [6.07, 6.45) is 4.47. The number of carbonyl (C=O) groups is 2. The number of amides is 1. The Morgan fingerprint density at radius 3 is 2.00 bits per heavy atom. The van der Waals surface area contributed by atoms with Crippen LogP contribution in [0.15, 0.2) is 60.7 Å². The van der Waals surface area contributed by atoms with E-state index in [0.29, 0.717) is 25.8 Å². The first-order valence-electron chi connectivity index (χ1n) is 27.3. The fourth-order valence-corrected chi connectivity index (χ4v) is 16.6. The predicted molar refractivity (Wildman–Crippen MR) is 288 cm³/mol. The van der Waals surface area contributed by atoms with Gasteiger partial charge in [-0.2, -0.15) is 0 Å². The number of aliphatic hydroxyl groups is 3. The Bertz CT molecular complexity index is 1900. The van der Waals surface area contributed by atoms with Crippen LogP contribution >= 0.6 is 7.26 Å². The van der Waals surface area contributed by atoms with Crippen molar-refractivity contribution in [2.75, 3.05) is 40.6 Å². The first-order valence-corrected chi connectivity index (χ1v) is 30.0. The number of hydrogen-bond donors (Lipinski definition) is 3. The molecule has 16 atom stereocenters. The molecule has 1 amide bonds. The fraction of sp³-hybridized carbons (Fsp3) is 0.759. The maximum absolute atomic E-state index is 14.7. The molecule has 0 saturated carbocycles. The SMILES string of the molecule is CC[C@H]1OC(=O)[C@H](C)C([C@H]2C[C@@](C)(OC)[C@@H](O)[C@H](C)O2)[C@H](C)[C@@H](O[C@H]2C[C@@H](N(C)C)C[C@@H](C)O2)[C@](C)(O)C[C@@H](C)CN(C(=O)CCCCCCC[PH](C)(c2ccccc2)c2ccccc2)[C@H](C)C[C@]1(C)O. The Balaban J connectivity index is 1.40. The van der Waals surface area contributed by atoms with E-state index in [2.05, 4.69) is 93.2 Å².